The molecule has 0 saturated carbocycles. The van der Waals surface area contributed by atoms with Crippen molar-refractivity contribution < 1.29 is 16.1 Å². The molecule has 0 heterocycles. The van der Waals surface area contributed by atoms with Crippen LogP contribution in [0.5, 0.6) is 0 Å². The minimum absolute atomic E-state index is 0. The summed E-state index contributed by atoms with van der Waals surface area (Å²) in [5.74, 6) is 0. The van der Waals surface area contributed by atoms with Gasteiger partial charge in [-0.2, -0.15) is 0 Å². The zero-order valence-electron chi connectivity index (χ0n) is 2.76. The van der Waals surface area contributed by atoms with Crippen molar-refractivity contribution in [2.24, 2.45) is 0 Å². The summed E-state index contributed by atoms with van der Waals surface area (Å²) in [5.41, 5.74) is 0. The SMILES string of the molecule is CO.[C+4].[O-2].[O-2]. The van der Waals surface area contributed by atoms with E-state index in [-0.39, 0.29) is 18.4 Å². The van der Waals surface area contributed by atoms with Gasteiger partial charge < -0.3 is 16.1 Å². The van der Waals surface area contributed by atoms with Crippen LogP contribution in [0.4, 0.5) is 0 Å². The Labute approximate surface area is 31.9 Å². The second-order valence-electron chi connectivity index (χ2n) is 0. The van der Waals surface area contributed by atoms with Crippen LogP contribution >= 0.6 is 0 Å². The summed E-state index contributed by atoms with van der Waals surface area (Å²) in [6.45, 7) is 0. The molecule has 0 atom stereocenters. The molecular formula is C2H4O3. The molecule has 30 valence electrons. The van der Waals surface area contributed by atoms with E-state index in [2.05, 4.69) is 0 Å². The Morgan fingerprint density at radius 1 is 1.00 bits per heavy atom. The Bertz CT molecular complexity index is 4.85. The fraction of sp³-hybridized carbons (Fsp3) is 0.500. The summed E-state index contributed by atoms with van der Waals surface area (Å²) in [7, 11) is 1.00. The van der Waals surface area contributed by atoms with Crippen molar-refractivity contribution in [1.82, 2.24) is 0 Å². The topological polar surface area (TPSA) is 77.2 Å². The molecule has 0 aliphatic heterocycles. The first-order chi connectivity index (χ1) is 1.00. The third kappa shape index (κ3) is 952. The Hall–Kier alpha value is -0.120. The zero-order valence-corrected chi connectivity index (χ0v) is 2.76. The van der Waals surface area contributed by atoms with Crippen LogP contribution < -0.4 is 0 Å². The van der Waals surface area contributed by atoms with E-state index in [0.29, 0.717) is 0 Å². The number of rotatable bonds is 0. The van der Waals surface area contributed by atoms with Gasteiger partial charge in [0.1, 0.15) is 0 Å². The summed E-state index contributed by atoms with van der Waals surface area (Å²) in [6.07, 6.45) is 0. The summed E-state index contributed by atoms with van der Waals surface area (Å²) in [5, 5.41) is 7.00. The van der Waals surface area contributed by atoms with Gasteiger partial charge in [0.15, 0.2) is 0 Å². The van der Waals surface area contributed by atoms with Gasteiger partial charge in [-0.05, 0) is 0 Å². The predicted molar refractivity (Wildman–Crippen MR) is 12.8 cm³/mol. The quantitative estimate of drug-likeness (QED) is 0.413. The Kier molecular flexibility index (Phi) is 42400. The molecule has 0 bridgehead atoms. The molecule has 3 heteroatoms. The number of hydrogen-bond donors (Lipinski definition) is 1. The predicted octanol–water partition coefficient (Wildman–Crippen LogP) is -0.548. The molecule has 0 aliphatic rings. The maximum absolute atomic E-state index is 7.00. The summed E-state index contributed by atoms with van der Waals surface area (Å²) in [6, 6.07) is 0. The number of aliphatic hydroxyl groups is 1. The van der Waals surface area contributed by atoms with E-state index in [1.165, 1.54) is 0 Å². The minimum atomic E-state index is 0. The van der Waals surface area contributed by atoms with Crippen molar-refractivity contribution in [3.8, 4) is 0 Å². The Morgan fingerprint density at radius 3 is 1.00 bits per heavy atom. The van der Waals surface area contributed by atoms with Gasteiger partial charge in [-0.3, -0.25) is 0 Å². The molecule has 0 saturated heterocycles. The van der Waals surface area contributed by atoms with Crippen LogP contribution in [0.25, 0.3) is 0 Å². The molecule has 0 aromatic heterocycles. The van der Waals surface area contributed by atoms with Crippen molar-refractivity contribution >= 4 is 0 Å². The number of aliphatic hydroxyl groups excluding tert-OH is 1. The first kappa shape index (κ1) is 94.9. The fourth-order valence-corrected chi connectivity index (χ4v) is 0. The van der Waals surface area contributed by atoms with E-state index < -0.39 is 0 Å². The van der Waals surface area contributed by atoms with Gasteiger partial charge in [0.05, 0.1) is 0 Å². The van der Waals surface area contributed by atoms with Gasteiger partial charge in [0, 0.05) is 7.11 Å². The van der Waals surface area contributed by atoms with Crippen LogP contribution in [0.3, 0.4) is 0 Å². The molecule has 0 rings (SSSR count). The molecule has 0 aliphatic carbocycles. The van der Waals surface area contributed by atoms with Crippen LogP contribution in [-0.2, 0) is 11.0 Å². The first-order valence-corrected chi connectivity index (χ1v) is 0.447. The van der Waals surface area contributed by atoms with Crippen molar-refractivity contribution in [3.63, 3.8) is 0 Å². The normalized spacial score (nSPS) is 1.20. The molecule has 0 aromatic rings. The summed E-state index contributed by atoms with van der Waals surface area (Å²) < 4.78 is 0. The maximum Gasteiger partial charge on any atom is 4.00 e. The van der Waals surface area contributed by atoms with Crippen LogP contribution in [0.1, 0.15) is 0 Å². The average Bonchev–Trinajstić information content (AvgIpc) is 1.00. The molecular weight excluding hydrogens is 72.0 g/mol. The molecule has 0 fully saturated rings. The van der Waals surface area contributed by atoms with E-state index in [1.807, 2.05) is 0 Å². The zero-order chi connectivity index (χ0) is 2.00. The van der Waals surface area contributed by atoms with E-state index >= 15 is 0 Å². The van der Waals surface area contributed by atoms with Crippen molar-refractivity contribution in [2.75, 3.05) is 7.11 Å². The largest absolute Gasteiger partial charge is 4.00 e. The minimum Gasteiger partial charge on any atom is -2.00 e. The monoisotopic (exact) mass is 76.0 g/mol. The molecule has 0 radical (unpaired) electrons. The van der Waals surface area contributed by atoms with Crippen LogP contribution in [-0.4, -0.2) is 12.2 Å². The van der Waals surface area contributed by atoms with Gasteiger partial charge >= 0.3 is 7.43 Å². The smallest absolute Gasteiger partial charge is 2.00 e. The molecule has 0 spiro atoms. The van der Waals surface area contributed by atoms with E-state index in [0.717, 1.165) is 7.11 Å². The van der Waals surface area contributed by atoms with Crippen molar-refractivity contribution in [1.29, 1.82) is 0 Å². The molecule has 5 heavy (non-hydrogen) atoms. The summed E-state index contributed by atoms with van der Waals surface area (Å²) >= 11 is 0. The van der Waals surface area contributed by atoms with Crippen molar-refractivity contribution in [2.45, 2.75) is 0 Å². The molecule has 0 unspecified atom stereocenters. The van der Waals surface area contributed by atoms with Gasteiger partial charge in [0.2, 0.25) is 0 Å². The van der Waals surface area contributed by atoms with Gasteiger partial charge in [0.25, 0.3) is 0 Å². The van der Waals surface area contributed by atoms with E-state index in [9.17, 15) is 0 Å². The van der Waals surface area contributed by atoms with Crippen molar-refractivity contribution in [3.05, 3.63) is 7.43 Å². The van der Waals surface area contributed by atoms with Crippen LogP contribution in [0, 0.1) is 7.43 Å². The standard InChI is InChI=1S/CH4O.C.2O/c1-2;;;/h2H,1H3;;;/q;+4;2*-2. The Balaban J connectivity index is -0.00000000167. The molecule has 0 aromatic carbocycles. The summed E-state index contributed by atoms with van der Waals surface area (Å²) in [4.78, 5) is 0. The van der Waals surface area contributed by atoms with E-state index in [4.69, 9.17) is 5.11 Å². The van der Waals surface area contributed by atoms with Crippen LogP contribution in [0.15, 0.2) is 0 Å². The van der Waals surface area contributed by atoms with Gasteiger partial charge in [-0.25, -0.2) is 0 Å². The first-order valence-electron chi connectivity index (χ1n) is 0.447. The van der Waals surface area contributed by atoms with Crippen LogP contribution in [0.2, 0.25) is 0 Å². The van der Waals surface area contributed by atoms with Gasteiger partial charge in [-0.15, -0.1) is 0 Å². The fourth-order valence-electron chi connectivity index (χ4n) is 0. The third-order valence-corrected chi connectivity index (χ3v) is 0. The van der Waals surface area contributed by atoms with Gasteiger partial charge in [-0.1, -0.05) is 0 Å². The molecule has 3 nitrogen and oxygen atoms in total. The number of hydrogen-bond acceptors (Lipinski definition) is 1. The third-order valence-electron chi connectivity index (χ3n) is 0. The Morgan fingerprint density at radius 2 is 1.00 bits per heavy atom. The second-order valence-corrected chi connectivity index (χ2v) is 0. The molecule has 1 N–H and O–H groups in total. The average molecular weight is 76.1 g/mol. The maximum atomic E-state index is 7.00. The van der Waals surface area contributed by atoms with E-state index in [1.54, 1.807) is 0 Å². The molecule has 0 amide bonds. The second kappa shape index (κ2) is 2230.